The molecule has 4 rings (SSSR count). The molecule has 162 valence electrons. The van der Waals surface area contributed by atoms with Crippen molar-refractivity contribution < 1.29 is 13.6 Å². The van der Waals surface area contributed by atoms with Gasteiger partial charge in [-0.1, -0.05) is 26.8 Å². The molecule has 8 heteroatoms. The van der Waals surface area contributed by atoms with Gasteiger partial charge in [-0.3, -0.25) is 14.4 Å². The Labute approximate surface area is 178 Å². The molecule has 1 amide bonds. The quantitative estimate of drug-likeness (QED) is 0.533. The molecule has 0 spiro atoms. The summed E-state index contributed by atoms with van der Waals surface area (Å²) in [6.45, 7) is 9.51. The average Bonchev–Trinajstić information content (AvgIpc) is 3.23. The van der Waals surface area contributed by atoms with Gasteiger partial charge in [-0.05, 0) is 43.0 Å². The topological polar surface area (TPSA) is 100 Å². The standard InChI is InChI=1S/C23H24FN3O4/c1-10-6-9-14(31-10)21(23(3,4)5)27-18-17(19(28)20(18)29)26-16-13(24)8-7-12-11(2)25-22(30)15(12)16/h6-9,11,21,26-27H,1-5H3,(H,25,30)/t11?,21-/m0/s1. The van der Waals surface area contributed by atoms with Crippen molar-refractivity contribution in [2.75, 3.05) is 10.6 Å². The van der Waals surface area contributed by atoms with Gasteiger partial charge >= 0.3 is 0 Å². The first-order valence-corrected chi connectivity index (χ1v) is 10.1. The molecule has 2 aromatic carbocycles. The normalized spacial score (nSPS) is 16.8. The minimum atomic E-state index is -0.769. The highest BCUT2D eigenvalue weighted by atomic mass is 19.1. The number of hydrogen-bond donors (Lipinski definition) is 3. The van der Waals surface area contributed by atoms with Gasteiger partial charge in [0.2, 0.25) is 0 Å². The Morgan fingerprint density at radius 3 is 2.32 bits per heavy atom. The molecule has 0 saturated carbocycles. The fourth-order valence-electron chi connectivity index (χ4n) is 3.91. The number of aryl methyl sites for hydroxylation is 1. The number of halogens is 1. The zero-order valence-electron chi connectivity index (χ0n) is 18.0. The van der Waals surface area contributed by atoms with E-state index in [1.807, 2.05) is 39.8 Å². The molecule has 1 unspecified atom stereocenters. The van der Waals surface area contributed by atoms with Gasteiger partial charge in [0.25, 0.3) is 16.8 Å². The second-order valence-corrected chi connectivity index (χ2v) is 9.01. The van der Waals surface area contributed by atoms with Gasteiger partial charge in [0.15, 0.2) is 0 Å². The van der Waals surface area contributed by atoms with Crippen LogP contribution in [0.15, 0.2) is 38.3 Å². The molecular formula is C23H24FN3O4. The highest BCUT2D eigenvalue weighted by Gasteiger charge is 2.35. The van der Waals surface area contributed by atoms with Crippen LogP contribution in [0, 0.1) is 18.2 Å². The van der Waals surface area contributed by atoms with Gasteiger partial charge in [-0.25, -0.2) is 4.39 Å². The van der Waals surface area contributed by atoms with Crippen LogP contribution in [-0.4, -0.2) is 5.91 Å². The molecule has 0 radical (unpaired) electrons. The number of furan rings is 1. The molecule has 0 fully saturated rings. The summed E-state index contributed by atoms with van der Waals surface area (Å²) in [5.74, 6) is 0.216. The van der Waals surface area contributed by atoms with Crippen molar-refractivity contribution in [3.63, 3.8) is 0 Å². The molecule has 1 aliphatic heterocycles. The van der Waals surface area contributed by atoms with Crippen molar-refractivity contribution in [1.29, 1.82) is 0 Å². The Morgan fingerprint density at radius 1 is 1.03 bits per heavy atom. The number of rotatable bonds is 5. The van der Waals surface area contributed by atoms with Crippen molar-refractivity contribution >= 4 is 23.0 Å². The number of carbonyl (C=O) groups is 1. The van der Waals surface area contributed by atoms with E-state index in [0.29, 0.717) is 11.3 Å². The summed E-state index contributed by atoms with van der Waals surface area (Å²) in [7, 11) is 0. The zero-order chi connectivity index (χ0) is 22.7. The Balaban J connectivity index is 1.73. The summed E-state index contributed by atoms with van der Waals surface area (Å²) in [6.07, 6.45) is 0. The number of nitrogens with one attached hydrogen (secondary N) is 3. The zero-order valence-corrected chi connectivity index (χ0v) is 18.0. The molecule has 2 atom stereocenters. The number of benzene rings is 1. The first-order valence-electron chi connectivity index (χ1n) is 10.1. The van der Waals surface area contributed by atoms with Crippen molar-refractivity contribution in [1.82, 2.24) is 5.32 Å². The Hall–Kier alpha value is -3.42. The summed E-state index contributed by atoms with van der Waals surface area (Å²) in [6, 6.07) is 5.71. The van der Waals surface area contributed by atoms with Crippen LogP contribution in [0.4, 0.5) is 21.5 Å². The number of hydrogen-bond acceptors (Lipinski definition) is 6. The SMILES string of the molecule is Cc1ccc([C@H](Nc2c(Nc3c(F)ccc4c3C(=O)NC4C)c(=O)c2=O)C(C)(C)C)o1. The van der Waals surface area contributed by atoms with E-state index in [-0.39, 0.29) is 34.1 Å². The highest BCUT2D eigenvalue weighted by Crippen LogP contribution is 2.39. The summed E-state index contributed by atoms with van der Waals surface area (Å²) in [4.78, 5) is 37.1. The van der Waals surface area contributed by atoms with Crippen LogP contribution in [0.5, 0.6) is 0 Å². The molecule has 3 N–H and O–H groups in total. The van der Waals surface area contributed by atoms with Crippen LogP contribution >= 0.6 is 0 Å². The molecule has 1 aliphatic rings. The van der Waals surface area contributed by atoms with Crippen LogP contribution in [0.2, 0.25) is 0 Å². The van der Waals surface area contributed by atoms with E-state index in [2.05, 4.69) is 16.0 Å². The Bertz CT molecular complexity index is 1260. The summed E-state index contributed by atoms with van der Waals surface area (Å²) < 4.78 is 20.4. The summed E-state index contributed by atoms with van der Waals surface area (Å²) in [5.41, 5.74) is -1.21. The second kappa shape index (κ2) is 7.08. The fraction of sp³-hybridized carbons (Fsp3) is 0.348. The lowest BCUT2D eigenvalue weighted by molar-refractivity contribution is 0.0959. The third kappa shape index (κ3) is 3.41. The maximum absolute atomic E-state index is 14.6. The molecule has 0 saturated heterocycles. The third-order valence-corrected chi connectivity index (χ3v) is 5.59. The van der Waals surface area contributed by atoms with Gasteiger partial charge in [0.1, 0.15) is 28.7 Å². The molecule has 3 aromatic rings. The summed E-state index contributed by atoms with van der Waals surface area (Å²) >= 11 is 0. The lowest BCUT2D eigenvalue weighted by Crippen LogP contribution is -2.39. The molecule has 7 nitrogen and oxygen atoms in total. The van der Waals surface area contributed by atoms with E-state index in [4.69, 9.17) is 4.42 Å². The van der Waals surface area contributed by atoms with E-state index in [1.165, 1.54) is 12.1 Å². The number of carbonyl (C=O) groups excluding carboxylic acids is 1. The first kappa shape index (κ1) is 20.8. The van der Waals surface area contributed by atoms with E-state index in [0.717, 1.165) is 5.76 Å². The number of anilines is 3. The number of amides is 1. The minimum Gasteiger partial charge on any atom is -0.464 e. The van der Waals surface area contributed by atoms with E-state index >= 15 is 0 Å². The van der Waals surface area contributed by atoms with Crippen LogP contribution in [-0.2, 0) is 0 Å². The molecular weight excluding hydrogens is 401 g/mol. The molecule has 0 aliphatic carbocycles. The second-order valence-electron chi connectivity index (χ2n) is 9.01. The van der Waals surface area contributed by atoms with Crippen LogP contribution in [0.25, 0.3) is 0 Å². The first-order chi connectivity index (χ1) is 14.5. The van der Waals surface area contributed by atoms with E-state index in [9.17, 15) is 18.8 Å². The molecule has 0 bridgehead atoms. The van der Waals surface area contributed by atoms with Gasteiger partial charge in [-0.15, -0.1) is 0 Å². The molecule has 1 aromatic heterocycles. The predicted molar refractivity (Wildman–Crippen MR) is 116 cm³/mol. The van der Waals surface area contributed by atoms with E-state index in [1.54, 1.807) is 6.92 Å². The van der Waals surface area contributed by atoms with Gasteiger partial charge in [0.05, 0.1) is 23.3 Å². The lowest BCUT2D eigenvalue weighted by Gasteiger charge is -2.31. The maximum atomic E-state index is 14.6. The van der Waals surface area contributed by atoms with E-state index < -0.39 is 28.6 Å². The van der Waals surface area contributed by atoms with Crippen LogP contribution in [0.1, 0.15) is 67.2 Å². The number of fused-ring (bicyclic) bond motifs is 1. The van der Waals surface area contributed by atoms with Gasteiger partial charge in [-0.2, -0.15) is 0 Å². The smallest absolute Gasteiger partial charge is 0.254 e. The van der Waals surface area contributed by atoms with Crippen LogP contribution in [0.3, 0.4) is 0 Å². The van der Waals surface area contributed by atoms with Crippen LogP contribution < -0.4 is 26.8 Å². The average molecular weight is 425 g/mol. The highest BCUT2D eigenvalue weighted by molar-refractivity contribution is 6.05. The summed E-state index contributed by atoms with van der Waals surface area (Å²) in [5, 5.41) is 8.56. The van der Waals surface area contributed by atoms with Gasteiger partial charge in [0, 0.05) is 0 Å². The van der Waals surface area contributed by atoms with Crippen molar-refractivity contribution in [2.45, 2.75) is 46.7 Å². The molecule has 2 heterocycles. The predicted octanol–water partition coefficient (Wildman–Crippen LogP) is 4.07. The minimum absolute atomic E-state index is 0.0439. The van der Waals surface area contributed by atoms with Crippen molar-refractivity contribution in [2.24, 2.45) is 5.41 Å². The maximum Gasteiger partial charge on any atom is 0.254 e. The van der Waals surface area contributed by atoms with Crippen molar-refractivity contribution in [3.8, 4) is 0 Å². The fourth-order valence-corrected chi connectivity index (χ4v) is 3.91. The van der Waals surface area contributed by atoms with Crippen molar-refractivity contribution in [3.05, 3.63) is 73.2 Å². The third-order valence-electron chi connectivity index (χ3n) is 5.59. The Morgan fingerprint density at radius 2 is 1.71 bits per heavy atom. The monoisotopic (exact) mass is 425 g/mol. The largest absolute Gasteiger partial charge is 0.464 e. The Kier molecular flexibility index (Phi) is 4.76. The lowest BCUT2D eigenvalue weighted by atomic mass is 9.85. The molecule has 31 heavy (non-hydrogen) atoms. The van der Waals surface area contributed by atoms with Gasteiger partial charge < -0.3 is 20.4 Å².